The van der Waals surface area contributed by atoms with Crippen molar-refractivity contribution in [3.8, 4) is 11.5 Å². The molecule has 0 unspecified atom stereocenters. The van der Waals surface area contributed by atoms with Gasteiger partial charge in [0, 0.05) is 6.20 Å². The monoisotopic (exact) mass is 551 g/mol. The van der Waals surface area contributed by atoms with E-state index in [1.54, 1.807) is 25.0 Å². The average molecular weight is 552 g/mol. The summed E-state index contributed by atoms with van der Waals surface area (Å²) in [6.07, 6.45) is 4.73. The van der Waals surface area contributed by atoms with Gasteiger partial charge in [0.2, 0.25) is 0 Å². The van der Waals surface area contributed by atoms with Gasteiger partial charge in [-0.25, -0.2) is 4.79 Å². The molecule has 1 aliphatic heterocycles. The summed E-state index contributed by atoms with van der Waals surface area (Å²) in [5.74, 6) is 2.17. The molecule has 7 heteroatoms. The molecule has 0 bridgehead atoms. The summed E-state index contributed by atoms with van der Waals surface area (Å²) < 4.78 is 18.8. The van der Waals surface area contributed by atoms with E-state index < -0.39 is 17.4 Å². The van der Waals surface area contributed by atoms with E-state index in [0.717, 1.165) is 34.6 Å². The topological polar surface area (TPSA) is 74.6 Å². The van der Waals surface area contributed by atoms with Crippen LogP contribution >= 0.6 is 0 Å². The molecule has 212 valence electrons. The Kier molecular flexibility index (Phi) is 7.99. The van der Waals surface area contributed by atoms with Crippen molar-refractivity contribution in [1.82, 2.24) is 9.55 Å². The summed E-state index contributed by atoms with van der Waals surface area (Å²) in [6.45, 7) is 8.21. The number of hydrogen-bond acceptors (Lipinski definition) is 6. The molecular formula is C34H37N3O4. The van der Waals surface area contributed by atoms with Crippen molar-refractivity contribution in [2.45, 2.75) is 44.1 Å². The van der Waals surface area contributed by atoms with Crippen LogP contribution in [0, 0.1) is 5.92 Å². The van der Waals surface area contributed by atoms with Gasteiger partial charge in [0.05, 0.1) is 19.8 Å². The third kappa shape index (κ3) is 5.13. The predicted octanol–water partition coefficient (Wildman–Crippen LogP) is 6.55. The zero-order chi connectivity index (χ0) is 29.0. The maximum absolute atomic E-state index is 13.5. The van der Waals surface area contributed by atoms with Gasteiger partial charge in [-0.05, 0) is 65.8 Å². The molecule has 0 spiro atoms. The lowest BCUT2D eigenvalue weighted by Crippen LogP contribution is -2.39. The molecule has 1 aromatic heterocycles. The standard InChI is InChI=1S/C34H37N3O4/c1-6-33(7-2)24(3)23-31(41-33)37-22-21-30(35-32(37)38)36-34(25-11-9-8-10-12-25,26-13-17-28(39-4)18-14-26)27-15-19-29(40-5)20-16-27/h6,8-22,24,31H,1,7,23H2,2-5H3,(H,35,36,38)/t24-,31+,33+/m0/s1. The van der Waals surface area contributed by atoms with Gasteiger partial charge in [0.15, 0.2) is 0 Å². The fourth-order valence-corrected chi connectivity index (χ4v) is 5.90. The highest BCUT2D eigenvalue weighted by atomic mass is 16.5. The molecular weight excluding hydrogens is 514 g/mol. The van der Waals surface area contributed by atoms with Gasteiger partial charge >= 0.3 is 5.69 Å². The Bertz CT molecular complexity index is 1490. The van der Waals surface area contributed by atoms with Crippen LogP contribution in [0.2, 0.25) is 0 Å². The number of nitrogens with zero attached hydrogens (tertiary/aromatic N) is 2. The molecule has 4 aromatic rings. The van der Waals surface area contributed by atoms with Crippen LogP contribution in [0.4, 0.5) is 5.82 Å². The molecule has 41 heavy (non-hydrogen) atoms. The van der Waals surface area contributed by atoms with Gasteiger partial charge in [-0.15, -0.1) is 6.58 Å². The van der Waals surface area contributed by atoms with Crippen molar-refractivity contribution in [2.24, 2.45) is 5.92 Å². The lowest BCUT2D eigenvalue weighted by atomic mass is 9.77. The van der Waals surface area contributed by atoms with Crippen LogP contribution < -0.4 is 20.5 Å². The minimum absolute atomic E-state index is 0.232. The first-order valence-electron chi connectivity index (χ1n) is 13.9. The lowest BCUT2D eigenvalue weighted by Gasteiger charge is -2.37. The van der Waals surface area contributed by atoms with Crippen LogP contribution in [0.3, 0.4) is 0 Å². The SMILES string of the molecule is C=C[C@]1(CC)O[C@@H](n2ccc(NC(c3ccccc3)(c3ccc(OC)cc3)c3ccc(OC)cc3)nc2=O)C[C@@H]1C. The number of aromatic nitrogens is 2. The van der Waals surface area contributed by atoms with E-state index in [1.165, 1.54) is 0 Å². The van der Waals surface area contributed by atoms with E-state index in [0.29, 0.717) is 12.2 Å². The number of anilines is 1. The fourth-order valence-electron chi connectivity index (χ4n) is 5.90. The highest BCUT2D eigenvalue weighted by Gasteiger charge is 2.44. The molecule has 1 saturated heterocycles. The van der Waals surface area contributed by atoms with E-state index in [4.69, 9.17) is 14.2 Å². The first-order valence-corrected chi connectivity index (χ1v) is 13.9. The van der Waals surface area contributed by atoms with Gasteiger partial charge in [0.1, 0.15) is 29.1 Å². The highest BCUT2D eigenvalue weighted by molar-refractivity contribution is 5.59. The number of rotatable bonds is 10. The zero-order valence-corrected chi connectivity index (χ0v) is 24.0. The first-order chi connectivity index (χ1) is 19.9. The van der Waals surface area contributed by atoms with E-state index in [-0.39, 0.29) is 11.6 Å². The summed E-state index contributed by atoms with van der Waals surface area (Å²) in [4.78, 5) is 18.0. The molecule has 0 amide bonds. The Morgan fingerprint density at radius 1 is 0.976 bits per heavy atom. The second-order valence-corrected chi connectivity index (χ2v) is 10.4. The van der Waals surface area contributed by atoms with E-state index in [2.05, 4.69) is 42.9 Å². The molecule has 5 rings (SSSR count). The van der Waals surface area contributed by atoms with Gasteiger partial charge in [-0.3, -0.25) is 4.57 Å². The van der Waals surface area contributed by atoms with Gasteiger partial charge < -0.3 is 19.5 Å². The van der Waals surface area contributed by atoms with E-state index >= 15 is 0 Å². The number of nitrogens with one attached hydrogen (secondary N) is 1. The van der Waals surface area contributed by atoms with Crippen LogP contribution in [-0.2, 0) is 10.3 Å². The number of benzene rings is 3. The molecule has 0 saturated carbocycles. The Morgan fingerprint density at radius 3 is 2.00 bits per heavy atom. The smallest absolute Gasteiger partial charge is 0.351 e. The maximum Gasteiger partial charge on any atom is 0.351 e. The molecule has 2 heterocycles. The molecule has 0 radical (unpaired) electrons. The van der Waals surface area contributed by atoms with Crippen LogP contribution in [0.1, 0.15) is 49.6 Å². The number of methoxy groups -OCH3 is 2. The molecule has 1 aliphatic rings. The van der Waals surface area contributed by atoms with Gasteiger partial charge in [-0.1, -0.05) is 74.5 Å². The van der Waals surface area contributed by atoms with Crippen molar-refractivity contribution >= 4 is 5.82 Å². The van der Waals surface area contributed by atoms with Crippen molar-refractivity contribution < 1.29 is 14.2 Å². The highest BCUT2D eigenvalue weighted by Crippen LogP contribution is 2.44. The van der Waals surface area contributed by atoms with Crippen molar-refractivity contribution in [2.75, 3.05) is 19.5 Å². The second kappa shape index (κ2) is 11.6. The normalized spacial score (nSPS) is 20.4. The van der Waals surface area contributed by atoms with Crippen LogP contribution in [-0.4, -0.2) is 29.4 Å². The third-order valence-electron chi connectivity index (χ3n) is 8.35. The Balaban J connectivity index is 1.62. The van der Waals surface area contributed by atoms with Crippen molar-refractivity contribution in [3.05, 3.63) is 131 Å². The predicted molar refractivity (Wildman–Crippen MR) is 162 cm³/mol. The largest absolute Gasteiger partial charge is 0.497 e. The lowest BCUT2D eigenvalue weighted by molar-refractivity contribution is -0.0559. The van der Waals surface area contributed by atoms with Crippen LogP contribution in [0.25, 0.3) is 0 Å². The van der Waals surface area contributed by atoms with Gasteiger partial charge in [0.25, 0.3) is 0 Å². The fraction of sp³-hybridized carbons (Fsp3) is 0.294. The molecule has 3 aromatic carbocycles. The van der Waals surface area contributed by atoms with E-state index in [1.807, 2.05) is 78.9 Å². The molecule has 7 nitrogen and oxygen atoms in total. The number of ether oxygens (including phenoxy) is 3. The first kappa shape index (κ1) is 28.2. The van der Waals surface area contributed by atoms with Crippen LogP contribution in [0.15, 0.2) is 109 Å². The minimum atomic E-state index is -0.885. The molecule has 1 N–H and O–H groups in total. The summed E-state index contributed by atoms with van der Waals surface area (Å²) in [7, 11) is 3.29. The zero-order valence-electron chi connectivity index (χ0n) is 24.0. The van der Waals surface area contributed by atoms with Crippen molar-refractivity contribution in [1.29, 1.82) is 0 Å². The Hall–Kier alpha value is -4.36. The summed E-state index contributed by atoms with van der Waals surface area (Å²) >= 11 is 0. The molecule has 1 fully saturated rings. The third-order valence-corrected chi connectivity index (χ3v) is 8.35. The minimum Gasteiger partial charge on any atom is -0.497 e. The summed E-state index contributed by atoms with van der Waals surface area (Å²) in [5.41, 5.74) is 1.16. The van der Waals surface area contributed by atoms with E-state index in [9.17, 15) is 4.79 Å². The van der Waals surface area contributed by atoms with Crippen molar-refractivity contribution in [3.63, 3.8) is 0 Å². The van der Waals surface area contributed by atoms with Crippen LogP contribution in [0.5, 0.6) is 11.5 Å². The average Bonchev–Trinajstić information content (AvgIpc) is 3.36. The molecule has 0 aliphatic carbocycles. The Morgan fingerprint density at radius 2 is 1.54 bits per heavy atom. The second-order valence-electron chi connectivity index (χ2n) is 10.4. The summed E-state index contributed by atoms with van der Waals surface area (Å²) in [6, 6.07) is 27.8. The maximum atomic E-state index is 13.5. The quantitative estimate of drug-likeness (QED) is 0.178. The number of hydrogen-bond donors (Lipinski definition) is 1. The summed E-state index contributed by atoms with van der Waals surface area (Å²) in [5, 5.41) is 3.66. The molecule has 3 atom stereocenters. The Labute approximate surface area is 241 Å². The van der Waals surface area contributed by atoms with Gasteiger partial charge in [-0.2, -0.15) is 4.98 Å².